The third-order valence-electron chi connectivity index (χ3n) is 6.18. The van der Waals surface area contributed by atoms with Crippen molar-refractivity contribution in [2.75, 3.05) is 65.9 Å². The summed E-state index contributed by atoms with van der Waals surface area (Å²) in [6.45, 7) is 9.94. The molecule has 0 aliphatic carbocycles. The van der Waals surface area contributed by atoms with E-state index in [1.54, 1.807) is 11.3 Å². The number of aryl methyl sites for hydroxylation is 1. The van der Waals surface area contributed by atoms with E-state index in [0.29, 0.717) is 59.4 Å². The molecule has 2 heterocycles. The second-order valence-corrected chi connectivity index (χ2v) is 9.67. The van der Waals surface area contributed by atoms with Crippen LogP contribution in [0.25, 0.3) is 32.2 Å². The lowest BCUT2D eigenvalue weighted by Gasteiger charge is -2.08. The first-order chi connectivity index (χ1) is 18.3. The second kappa shape index (κ2) is 15.2. The topological polar surface area (TPSA) is 79.9 Å². The number of nitrogens with one attached hydrogen (secondary N) is 1. The van der Waals surface area contributed by atoms with Crippen LogP contribution in [0.3, 0.4) is 0 Å². The van der Waals surface area contributed by atoms with Crippen molar-refractivity contribution in [1.29, 1.82) is 0 Å². The summed E-state index contributed by atoms with van der Waals surface area (Å²) < 4.78 is 24.3. The predicted molar refractivity (Wildman–Crippen MR) is 152 cm³/mol. The van der Waals surface area contributed by atoms with Gasteiger partial charge in [0.2, 0.25) is 0 Å². The number of fused-ring (bicyclic) bond motifs is 3. The average Bonchev–Trinajstić information content (AvgIpc) is 3.57. The number of benzene rings is 2. The summed E-state index contributed by atoms with van der Waals surface area (Å²) in [6.07, 6.45) is 0. The van der Waals surface area contributed by atoms with E-state index in [2.05, 4.69) is 70.7 Å². The second-order valence-electron chi connectivity index (χ2n) is 8.72. The molecule has 0 bridgehead atoms. The van der Waals surface area contributed by atoms with Crippen LogP contribution in [0.4, 0.5) is 0 Å². The van der Waals surface area contributed by atoms with Gasteiger partial charge in [0.25, 0.3) is 0 Å². The van der Waals surface area contributed by atoms with E-state index in [9.17, 15) is 0 Å². The first-order valence-corrected chi connectivity index (χ1v) is 14.0. The van der Waals surface area contributed by atoms with E-state index in [0.717, 1.165) is 19.6 Å². The van der Waals surface area contributed by atoms with E-state index in [-0.39, 0.29) is 0 Å². The lowest BCUT2D eigenvalue weighted by molar-refractivity contribution is -0.000642. The van der Waals surface area contributed by atoms with Crippen LogP contribution in [0.15, 0.2) is 53.9 Å². The van der Waals surface area contributed by atoms with Gasteiger partial charge < -0.3 is 34.6 Å². The summed E-state index contributed by atoms with van der Waals surface area (Å²) in [4.78, 5) is 1.31. The summed E-state index contributed by atoms with van der Waals surface area (Å²) in [5, 5.41) is 8.25. The Hall–Kier alpha value is -2.30. The minimum atomic E-state index is 0.539. The van der Waals surface area contributed by atoms with Crippen LogP contribution in [0.1, 0.15) is 12.5 Å². The Kier molecular flexibility index (Phi) is 11.4. The summed E-state index contributed by atoms with van der Waals surface area (Å²) in [5.41, 5.74) is 10.5. The van der Waals surface area contributed by atoms with Crippen LogP contribution in [0, 0.1) is 0 Å². The molecule has 37 heavy (non-hydrogen) atoms. The van der Waals surface area contributed by atoms with Gasteiger partial charge in [0.05, 0.1) is 52.9 Å². The number of aromatic nitrogens is 1. The number of nitrogens with zero attached hydrogens (tertiary/aromatic N) is 1. The maximum atomic E-state index is 5.67. The van der Waals surface area contributed by atoms with Gasteiger partial charge in [-0.1, -0.05) is 24.3 Å². The quantitative estimate of drug-likeness (QED) is 0.184. The molecule has 4 aromatic rings. The van der Waals surface area contributed by atoms with Crippen LogP contribution >= 0.6 is 11.3 Å². The van der Waals surface area contributed by atoms with Gasteiger partial charge in [0.15, 0.2) is 0 Å². The zero-order valence-corrected chi connectivity index (χ0v) is 22.6. The van der Waals surface area contributed by atoms with Gasteiger partial charge in [-0.25, -0.2) is 0 Å². The van der Waals surface area contributed by atoms with Gasteiger partial charge in [-0.15, -0.1) is 11.3 Å². The van der Waals surface area contributed by atoms with Crippen LogP contribution in [-0.4, -0.2) is 70.5 Å². The van der Waals surface area contributed by atoms with E-state index in [1.165, 1.54) is 37.8 Å². The molecule has 0 aliphatic heterocycles. The highest BCUT2D eigenvalue weighted by atomic mass is 32.1. The summed E-state index contributed by atoms with van der Waals surface area (Å²) in [5.74, 6) is 0. The van der Waals surface area contributed by atoms with E-state index in [1.807, 2.05) is 0 Å². The van der Waals surface area contributed by atoms with Gasteiger partial charge in [-0.3, -0.25) is 0 Å². The molecule has 0 saturated carbocycles. The molecule has 200 valence electrons. The molecule has 0 amide bonds. The minimum Gasteiger partial charge on any atom is -0.378 e. The Morgan fingerprint density at radius 3 is 2.19 bits per heavy atom. The Labute approximate surface area is 223 Å². The van der Waals surface area contributed by atoms with Crippen molar-refractivity contribution in [3.8, 4) is 10.4 Å². The SMILES string of the molecule is CCn1c2ccc(CNCCOCCOCCOCCOCCN)cc2c2ccc(-c3cccs3)cc21. The largest absolute Gasteiger partial charge is 0.378 e. The molecule has 0 radical (unpaired) electrons. The number of ether oxygens (including phenoxy) is 4. The molecule has 3 N–H and O–H groups in total. The Bertz CT molecular complexity index is 1210. The fourth-order valence-corrected chi connectivity index (χ4v) is 5.14. The third-order valence-corrected chi connectivity index (χ3v) is 7.10. The molecule has 0 atom stereocenters. The van der Waals surface area contributed by atoms with Gasteiger partial charge in [0.1, 0.15) is 0 Å². The standard InChI is InChI=1S/C29H39N3O4S/c1-2-32-27-8-5-23(20-26(27)25-7-6-24(21-28(25)32)29-4-3-19-37-29)22-31-10-12-34-14-16-36-18-17-35-15-13-33-11-9-30/h3-8,19-21,31H,2,9-18,22,30H2,1H3. The van der Waals surface area contributed by atoms with Crippen LogP contribution in [0.5, 0.6) is 0 Å². The van der Waals surface area contributed by atoms with Crippen LogP contribution < -0.4 is 11.1 Å². The third kappa shape index (κ3) is 7.85. The molecule has 2 aromatic carbocycles. The lowest BCUT2D eigenvalue weighted by Crippen LogP contribution is -2.20. The van der Waals surface area contributed by atoms with Gasteiger partial charge >= 0.3 is 0 Å². The van der Waals surface area contributed by atoms with Crippen molar-refractivity contribution >= 4 is 33.1 Å². The smallest absolute Gasteiger partial charge is 0.0701 e. The number of nitrogens with two attached hydrogens (primary N) is 1. The average molecular weight is 526 g/mol. The fraction of sp³-hybridized carbons (Fsp3) is 0.448. The van der Waals surface area contributed by atoms with Crippen molar-refractivity contribution in [1.82, 2.24) is 9.88 Å². The highest BCUT2D eigenvalue weighted by molar-refractivity contribution is 7.13. The lowest BCUT2D eigenvalue weighted by atomic mass is 10.1. The maximum Gasteiger partial charge on any atom is 0.0701 e. The minimum absolute atomic E-state index is 0.539. The Balaban J connectivity index is 1.17. The normalized spacial score (nSPS) is 11.7. The zero-order chi connectivity index (χ0) is 25.7. The molecule has 0 fully saturated rings. The van der Waals surface area contributed by atoms with Crippen molar-refractivity contribution < 1.29 is 18.9 Å². The van der Waals surface area contributed by atoms with Gasteiger partial charge in [-0.05, 0) is 47.7 Å². The molecule has 0 unspecified atom stereocenters. The van der Waals surface area contributed by atoms with Crippen LogP contribution in [-0.2, 0) is 32.0 Å². The highest BCUT2D eigenvalue weighted by Crippen LogP contribution is 2.34. The van der Waals surface area contributed by atoms with Crippen molar-refractivity contribution in [2.45, 2.75) is 20.0 Å². The Morgan fingerprint density at radius 2 is 1.51 bits per heavy atom. The molecule has 8 heteroatoms. The number of thiophene rings is 1. The fourth-order valence-electron chi connectivity index (χ4n) is 4.42. The number of rotatable bonds is 18. The first-order valence-electron chi connectivity index (χ1n) is 13.1. The van der Waals surface area contributed by atoms with Crippen molar-refractivity contribution in [2.24, 2.45) is 5.73 Å². The monoisotopic (exact) mass is 525 g/mol. The van der Waals surface area contributed by atoms with E-state index >= 15 is 0 Å². The van der Waals surface area contributed by atoms with E-state index in [4.69, 9.17) is 24.7 Å². The maximum absolute atomic E-state index is 5.67. The number of hydrogen-bond donors (Lipinski definition) is 2. The molecule has 2 aromatic heterocycles. The highest BCUT2D eigenvalue weighted by Gasteiger charge is 2.12. The number of hydrogen-bond acceptors (Lipinski definition) is 7. The molecular formula is C29H39N3O4S. The summed E-state index contributed by atoms with van der Waals surface area (Å²) in [6, 6.07) is 17.9. The van der Waals surface area contributed by atoms with Crippen LogP contribution in [0.2, 0.25) is 0 Å². The zero-order valence-electron chi connectivity index (χ0n) is 21.7. The van der Waals surface area contributed by atoms with E-state index < -0.39 is 0 Å². The molecule has 4 rings (SSSR count). The van der Waals surface area contributed by atoms with Crippen molar-refractivity contribution in [3.63, 3.8) is 0 Å². The predicted octanol–water partition coefficient (Wildman–Crippen LogP) is 4.66. The van der Waals surface area contributed by atoms with Gasteiger partial charge in [-0.2, -0.15) is 0 Å². The summed E-state index contributed by atoms with van der Waals surface area (Å²) in [7, 11) is 0. The van der Waals surface area contributed by atoms with Gasteiger partial charge in [0, 0.05) is 52.9 Å². The molecule has 0 aliphatic rings. The molecule has 0 spiro atoms. The summed E-state index contributed by atoms with van der Waals surface area (Å²) >= 11 is 1.78. The first kappa shape index (κ1) is 27.7. The Morgan fingerprint density at radius 1 is 0.784 bits per heavy atom. The van der Waals surface area contributed by atoms with Crippen molar-refractivity contribution in [3.05, 3.63) is 59.5 Å². The molecule has 0 saturated heterocycles. The molecular weight excluding hydrogens is 486 g/mol. The molecule has 7 nitrogen and oxygen atoms in total.